The van der Waals surface area contributed by atoms with Crippen LogP contribution in [0, 0.1) is 0 Å². The second-order valence-electron chi connectivity index (χ2n) is 4.85. The molecule has 0 amide bonds. The van der Waals surface area contributed by atoms with Crippen LogP contribution in [0.5, 0.6) is 0 Å². The van der Waals surface area contributed by atoms with E-state index in [1.165, 1.54) is 0 Å². The van der Waals surface area contributed by atoms with Gasteiger partial charge in [0, 0.05) is 31.2 Å². The van der Waals surface area contributed by atoms with Crippen molar-refractivity contribution in [2.45, 2.75) is 38.6 Å². The fraction of sp³-hybridized carbons (Fsp3) is 0.667. The first-order valence-electron chi connectivity index (χ1n) is 6.36. The van der Waals surface area contributed by atoms with Gasteiger partial charge < -0.3 is 15.5 Å². The van der Waals surface area contributed by atoms with Crippen molar-refractivity contribution in [3.63, 3.8) is 0 Å². The number of hydrogen-bond donors (Lipinski definition) is 3. The lowest BCUT2D eigenvalue weighted by molar-refractivity contribution is 0.0657. The molecule has 4 N–H and O–H groups in total. The van der Waals surface area contributed by atoms with Gasteiger partial charge in [-0.2, -0.15) is 0 Å². The van der Waals surface area contributed by atoms with Crippen LogP contribution in [0.2, 0.25) is 0 Å². The fourth-order valence-electron chi connectivity index (χ4n) is 2.05. The largest absolute Gasteiger partial charge is 0.381 e. The molecule has 100 valence electrons. The van der Waals surface area contributed by atoms with Crippen molar-refractivity contribution >= 4 is 11.6 Å². The van der Waals surface area contributed by atoms with Gasteiger partial charge in [0.15, 0.2) is 0 Å². The molecule has 1 aliphatic heterocycles. The number of nitrogens with two attached hydrogens (primary N) is 1. The maximum absolute atomic E-state index is 5.42. The number of aryl methyl sites for hydroxylation is 1. The molecule has 0 atom stereocenters. The minimum Gasteiger partial charge on any atom is -0.381 e. The third-order valence-corrected chi connectivity index (χ3v) is 3.26. The quantitative estimate of drug-likeness (QED) is 0.552. The molecule has 6 heteroatoms. The SMILES string of the molecule is CCc1nc(NN)cc(NC2(C)CCOCC2)n1. The van der Waals surface area contributed by atoms with Gasteiger partial charge in [-0.15, -0.1) is 0 Å². The lowest BCUT2D eigenvalue weighted by Crippen LogP contribution is -2.41. The Balaban J connectivity index is 2.16. The van der Waals surface area contributed by atoms with E-state index in [9.17, 15) is 0 Å². The monoisotopic (exact) mass is 251 g/mol. The molecule has 18 heavy (non-hydrogen) atoms. The van der Waals surface area contributed by atoms with E-state index in [0.29, 0.717) is 5.82 Å². The molecule has 2 rings (SSSR count). The van der Waals surface area contributed by atoms with E-state index in [-0.39, 0.29) is 5.54 Å². The van der Waals surface area contributed by atoms with Gasteiger partial charge in [-0.25, -0.2) is 15.8 Å². The average molecular weight is 251 g/mol. The Labute approximate surface area is 107 Å². The molecule has 0 aliphatic carbocycles. The van der Waals surface area contributed by atoms with Crippen LogP contribution in [0.1, 0.15) is 32.5 Å². The van der Waals surface area contributed by atoms with Gasteiger partial charge in [-0.1, -0.05) is 6.92 Å². The van der Waals surface area contributed by atoms with E-state index >= 15 is 0 Å². The Kier molecular flexibility index (Phi) is 3.98. The van der Waals surface area contributed by atoms with Crippen LogP contribution in [0.4, 0.5) is 11.6 Å². The first-order chi connectivity index (χ1) is 8.65. The van der Waals surface area contributed by atoms with Crippen molar-refractivity contribution in [3.8, 4) is 0 Å². The first kappa shape index (κ1) is 13.0. The van der Waals surface area contributed by atoms with E-state index in [1.807, 2.05) is 13.0 Å². The van der Waals surface area contributed by atoms with Crippen LogP contribution >= 0.6 is 0 Å². The zero-order chi connectivity index (χ0) is 13.0. The molecule has 0 aromatic carbocycles. The predicted octanol–water partition coefficient (Wildman–Crippen LogP) is 1.31. The minimum atomic E-state index is 0.0312. The molecule has 6 nitrogen and oxygen atoms in total. The van der Waals surface area contributed by atoms with Crippen molar-refractivity contribution in [1.82, 2.24) is 9.97 Å². The predicted molar refractivity (Wildman–Crippen MR) is 71.3 cm³/mol. The van der Waals surface area contributed by atoms with Crippen molar-refractivity contribution in [2.24, 2.45) is 5.84 Å². The van der Waals surface area contributed by atoms with Gasteiger partial charge in [-0.3, -0.25) is 0 Å². The minimum absolute atomic E-state index is 0.0312. The first-order valence-corrected chi connectivity index (χ1v) is 6.36. The number of nitrogens with zero attached hydrogens (tertiary/aromatic N) is 2. The smallest absolute Gasteiger partial charge is 0.145 e. The van der Waals surface area contributed by atoms with Crippen LogP contribution < -0.4 is 16.6 Å². The fourth-order valence-corrected chi connectivity index (χ4v) is 2.05. The van der Waals surface area contributed by atoms with Gasteiger partial charge in [0.2, 0.25) is 0 Å². The van der Waals surface area contributed by atoms with Gasteiger partial charge in [0.25, 0.3) is 0 Å². The summed E-state index contributed by atoms with van der Waals surface area (Å²) in [5, 5.41) is 3.48. The second-order valence-corrected chi connectivity index (χ2v) is 4.85. The van der Waals surface area contributed by atoms with Crippen LogP contribution in [0.15, 0.2) is 6.07 Å². The maximum atomic E-state index is 5.42. The number of hydrazine groups is 1. The molecule has 1 fully saturated rings. The summed E-state index contributed by atoms with van der Waals surface area (Å²) < 4.78 is 5.39. The Morgan fingerprint density at radius 3 is 2.61 bits per heavy atom. The highest BCUT2D eigenvalue weighted by atomic mass is 16.5. The summed E-state index contributed by atoms with van der Waals surface area (Å²) in [6.45, 7) is 5.79. The Bertz CT molecular complexity index is 381. The Morgan fingerprint density at radius 1 is 1.33 bits per heavy atom. The van der Waals surface area contributed by atoms with Crippen molar-refractivity contribution in [1.29, 1.82) is 0 Å². The summed E-state index contributed by atoms with van der Waals surface area (Å²) >= 11 is 0. The molecular formula is C12H21N5O. The summed E-state index contributed by atoms with van der Waals surface area (Å²) in [5.74, 6) is 7.66. The van der Waals surface area contributed by atoms with Crippen molar-refractivity contribution in [2.75, 3.05) is 24.0 Å². The van der Waals surface area contributed by atoms with Crippen LogP contribution in [0.3, 0.4) is 0 Å². The van der Waals surface area contributed by atoms with Gasteiger partial charge in [-0.05, 0) is 19.8 Å². The van der Waals surface area contributed by atoms with Gasteiger partial charge in [0.05, 0.1) is 0 Å². The Hall–Kier alpha value is -1.40. The van der Waals surface area contributed by atoms with Crippen LogP contribution in [-0.4, -0.2) is 28.7 Å². The molecule has 0 saturated carbocycles. The molecule has 1 aromatic rings. The molecule has 1 aliphatic rings. The number of rotatable bonds is 4. The van der Waals surface area contributed by atoms with E-state index < -0.39 is 0 Å². The lowest BCUT2D eigenvalue weighted by Gasteiger charge is -2.35. The highest BCUT2D eigenvalue weighted by Crippen LogP contribution is 2.25. The number of nitrogen functional groups attached to an aromatic ring is 1. The molecule has 0 unspecified atom stereocenters. The summed E-state index contributed by atoms with van der Waals surface area (Å²) in [7, 11) is 0. The summed E-state index contributed by atoms with van der Waals surface area (Å²) in [6, 6.07) is 1.83. The highest BCUT2D eigenvalue weighted by Gasteiger charge is 2.27. The second kappa shape index (κ2) is 5.49. The molecule has 0 bridgehead atoms. The summed E-state index contributed by atoms with van der Waals surface area (Å²) in [6.07, 6.45) is 2.73. The van der Waals surface area contributed by atoms with E-state index in [1.54, 1.807) is 0 Å². The maximum Gasteiger partial charge on any atom is 0.145 e. The van der Waals surface area contributed by atoms with E-state index in [2.05, 4.69) is 27.6 Å². The van der Waals surface area contributed by atoms with Crippen LogP contribution in [0.25, 0.3) is 0 Å². The van der Waals surface area contributed by atoms with Crippen molar-refractivity contribution in [3.05, 3.63) is 11.9 Å². The summed E-state index contributed by atoms with van der Waals surface area (Å²) in [5.41, 5.74) is 2.61. The third kappa shape index (κ3) is 3.08. The molecule has 0 spiro atoms. The number of anilines is 2. The number of aromatic nitrogens is 2. The normalized spacial score (nSPS) is 18.4. The van der Waals surface area contributed by atoms with Crippen LogP contribution in [-0.2, 0) is 11.2 Å². The number of ether oxygens (including phenoxy) is 1. The van der Waals surface area contributed by atoms with Gasteiger partial charge >= 0.3 is 0 Å². The average Bonchev–Trinajstić information content (AvgIpc) is 2.38. The van der Waals surface area contributed by atoms with E-state index in [4.69, 9.17) is 10.6 Å². The standard InChI is InChI=1S/C12H21N5O/c1-3-9-14-10(8-11(15-9)17-13)16-12(2)4-6-18-7-5-12/h8H,3-7,13H2,1-2H3,(H2,14,15,16,17). The topological polar surface area (TPSA) is 85.1 Å². The lowest BCUT2D eigenvalue weighted by atomic mass is 9.92. The number of nitrogens with one attached hydrogen (secondary N) is 2. The molecule has 0 radical (unpaired) electrons. The van der Waals surface area contributed by atoms with E-state index in [0.717, 1.165) is 44.1 Å². The summed E-state index contributed by atoms with van der Waals surface area (Å²) in [4.78, 5) is 8.75. The molecule has 2 heterocycles. The zero-order valence-electron chi connectivity index (χ0n) is 11.0. The Morgan fingerprint density at radius 2 is 2.00 bits per heavy atom. The molecule has 1 saturated heterocycles. The van der Waals surface area contributed by atoms with Gasteiger partial charge in [0.1, 0.15) is 17.5 Å². The third-order valence-electron chi connectivity index (χ3n) is 3.26. The molecular weight excluding hydrogens is 230 g/mol. The highest BCUT2D eigenvalue weighted by molar-refractivity contribution is 5.48. The number of hydrogen-bond acceptors (Lipinski definition) is 6. The zero-order valence-corrected chi connectivity index (χ0v) is 11.0. The van der Waals surface area contributed by atoms with Crippen molar-refractivity contribution < 1.29 is 4.74 Å². The molecule has 1 aromatic heterocycles.